The fraction of sp³-hybridized carbons (Fsp3) is 0.429. The molecule has 1 unspecified atom stereocenters. The minimum atomic E-state index is -4.36. The second kappa shape index (κ2) is 3.59. The molecular weight excluding hydrogens is 267 g/mol. The molecule has 1 heterocycles. The molecule has 0 radical (unpaired) electrons. The summed E-state index contributed by atoms with van der Waals surface area (Å²) in [5.41, 5.74) is 5.80. The Hall–Kier alpha value is -0.0700. The summed E-state index contributed by atoms with van der Waals surface area (Å²) in [6.07, 6.45) is -4.36. The van der Waals surface area contributed by atoms with Crippen molar-refractivity contribution in [1.82, 2.24) is 0 Å². The van der Waals surface area contributed by atoms with Gasteiger partial charge >= 0.3 is 6.18 Å². The molecule has 0 aliphatic rings. The molecule has 0 aliphatic carbocycles. The van der Waals surface area contributed by atoms with E-state index >= 15 is 0 Å². The van der Waals surface area contributed by atoms with Crippen molar-refractivity contribution in [2.24, 2.45) is 5.73 Å². The highest BCUT2D eigenvalue weighted by Crippen LogP contribution is 2.37. The Balaban J connectivity index is 2.96. The fourth-order valence-corrected chi connectivity index (χ4v) is 2.40. The second-order valence-electron chi connectivity index (χ2n) is 2.62. The summed E-state index contributed by atoms with van der Waals surface area (Å²) in [6, 6.07) is -0.421. The van der Waals surface area contributed by atoms with Crippen LogP contribution in [0, 0.1) is 6.92 Å². The van der Waals surface area contributed by atoms with Gasteiger partial charge in [-0.25, -0.2) is 0 Å². The van der Waals surface area contributed by atoms with Crippen molar-refractivity contribution in [3.05, 3.63) is 20.3 Å². The first kappa shape index (κ1) is 11.0. The highest BCUT2D eigenvalue weighted by atomic mass is 79.9. The van der Waals surface area contributed by atoms with E-state index in [0.717, 1.165) is 16.9 Å². The molecule has 1 aromatic rings. The lowest BCUT2D eigenvalue weighted by molar-refractivity contribution is -0.148. The molecule has 13 heavy (non-hydrogen) atoms. The number of aryl methyl sites for hydroxylation is 1. The van der Waals surface area contributed by atoms with E-state index in [1.165, 1.54) is 6.07 Å². The Labute approximate surface area is 85.9 Å². The maximum atomic E-state index is 12.1. The summed E-state index contributed by atoms with van der Waals surface area (Å²) in [5, 5.41) is 0. The van der Waals surface area contributed by atoms with E-state index in [1.54, 1.807) is 6.92 Å². The van der Waals surface area contributed by atoms with E-state index in [2.05, 4.69) is 15.9 Å². The van der Waals surface area contributed by atoms with Gasteiger partial charge in [-0.1, -0.05) is 0 Å². The molecule has 0 bridgehead atoms. The third kappa shape index (κ3) is 2.45. The van der Waals surface area contributed by atoms with Crippen LogP contribution in [0.1, 0.15) is 16.5 Å². The predicted molar refractivity (Wildman–Crippen MR) is 49.7 cm³/mol. The SMILES string of the molecule is Cc1cc(C(N)C(F)(F)F)sc1Br. The lowest BCUT2D eigenvalue weighted by atomic mass is 10.2. The van der Waals surface area contributed by atoms with E-state index in [-0.39, 0.29) is 4.88 Å². The summed E-state index contributed by atoms with van der Waals surface area (Å²) >= 11 is 4.17. The van der Waals surface area contributed by atoms with Gasteiger partial charge in [0, 0.05) is 4.88 Å². The van der Waals surface area contributed by atoms with Gasteiger partial charge < -0.3 is 5.73 Å². The molecule has 0 aromatic carbocycles. The number of rotatable bonds is 1. The zero-order valence-corrected chi connectivity index (χ0v) is 9.05. The molecule has 0 spiro atoms. The highest BCUT2D eigenvalue weighted by molar-refractivity contribution is 9.11. The number of alkyl halides is 3. The number of hydrogen-bond acceptors (Lipinski definition) is 2. The van der Waals surface area contributed by atoms with Gasteiger partial charge in [-0.05, 0) is 34.5 Å². The van der Waals surface area contributed by atoms with Crippen molar-refractivity contribution in [3.63, 3.8) is 0 Å². The van der Waals surface area contributed by atoms with Crippen LogP contribution in [-0.4, -0.2) is 6.18 Å². The van der Waals surface area contributed by atoms with Gasteiger partial charge in [0.05, 0.1) is 3.79 Å². The summed E-state index contributed by atoms with van der Waals surface area (Å²) < 4.78 is 37.1. The molecule has 1 rings (SSSR count). The van der Waals surface area contributed by atoms with E-state index in [4.69, 9.17) is 5.73 Å². The van der Waals surface area contributed by atoms with Gasteiger partial charge in [0.2, 0.25) is 0 Å². The third-order valence-electron chi connectivity index (χ3n) is 1.54. The van der Waals surface area contributed by atoms with Crippen LogP contribution >= 0.6 is 27.3 Å². The van der Waals surface area contributed by atoms with Crippen molar-refractivity contribution in [2.45, 2.75) is 19.1 Å². The number of thiophene rings is 1. The predicted octanol–water partition coefficient (Wildman–Crippen LogP) is 3.38. The highest BCUT2D eigenvalue weighted by Gasteiger charge is 2.38. The zero-order chi connectivity index (χ0) is 10.2. The van der Waals surface area contributed by atoms with Crippen LogP contribution < -0.4 is 5.73 Å². The van der Waals surface area contributed by atoms with Crippen LogP contribution in [0.5, 0.6) is 0 Å². The molecule has 2 N–H and O–H groups in total. The Morgan fingerprint density at radius 3 is 2.38 bits per heavy atom. The summed E-state index contributed by atoms with van der Waals surface area (Å²) in [5.74, 6) is 0. The standard InChI is InChI=1S/C7H7BrF3NS/c1-3-2-4(13-6(3)8)5(12)7(9,10)11/h2,5H,12H2,1H3. The van der Waals surface area contributed by atoms with Crippen molar-refractivity contribution in [1.29, 1.82) is 0 Å². The molecule has 74 valence electrons. The van der Waals surface area contributed by atoms with Gasteiger partial charge in [-0.15, -0.1) is 11.3 Å². The average molecular weight is 274 g/mol. The zero-order valence-electron chi connectivity index (χ0n) is 6.65. The van der Waals surface area contributed by atoms with Crippen LogP contribution in [0.25, 0.3) is 0 Å². The summed E-state index contributed by atoms with van der Waals surface area (Å²) in [7, 11) is 0. The summed E-state index contributed by atoms with van der Waals surface area (Å²) in [6.45, 7) is 1.73. The van der Waals surface area contributed by atoms with Crippen LogP contribution in [0.2, 0.25) is 0 Å². The Bertz CT molecular complexity index is 288. The Morgan fingerprint density at radius 1 is 1.54 bits per heavy atom. The monoisotopic (exact) mass is 273 g/mol. The second-order valence-corrected chi connectivity index (χ2v) is 5.03. The molecule has 1 aromatic heterocycles. The van der Waals surface area contributed by atoms with Crippen LogP contribution in [-0.2, 0) is 0 Å². The largest absolute Gasteiger partial charge is 0.408 e. The average Bonchev–Trinajstić information content (AvgIpc) is 2.29. The van der Waals surface area contributed by atoms with Crippen molar-refractivity contribution >= 4 is 27.3 Å². The van der Waals surface area contributed by atoms with Gasteiger partial charge in [0.25, 0.3) is 0 Å². The van der Waals surface area contributed by atoms with Crippen LogP contribution in [0.3, 0.4) is 0 Å². The first-order valence-corrected chi connectivity index (χ1v) is 5.01. The topological polar surface area (TPSA) is 26.0 Å². The molecule has 1 atom stereocenters. The van der Waals surface area contributed by atoms with Crippen LogP contribution in [0.15, 0.2) is 9.85 Å². The minimum Gasteiger partial charge on any atom is -0.316 e. The van der Waals surface area contributed by atoms with E-state index in [9.17, 15) is 13.2 Å². The van der Waals surface area contributed by atoms with Gasteiger partial charge in [-0.3, -0.25) is 0 Å². The maximum absolute atomic E-state index is 12.1. The third-order valence-corrected chi connectivity index (χ3v) is 3.76. The molecule has 0 amide bonds. The van der Waals surface area contributed by atoms with Crippen molar-refractivity contribution in [3.8, 4) is 0 Å². The molecule has 0 aliphatic heterocycles. The number of halogens is 4. The first-order chi connectivity index (χ1) is 5.82. The van der Waals surface area contributed by atoms with Gasteiger partial charge in [-0.2, -0.15) is 13.2 Å². The quantitative estimate of drug-likeness (QED) is 0.834. The number of nitrogens with two attached hydrogens (primary N) is 1. The Kier molecular flexibility index (Phi) is 3.04. The van der Waals surface area contributed by atoms with E-state index in [1.807, 2.05) is 0 Å². The molecule has 0 saturated heterocycles. The molecule has 1 nitrogen and oxygen atoms in total. The molecule has 0 saturated carbocycles. The molecule has 6 heteroatoms. The minimum absolute atomic E-state index is 0.136. The van der Waals surface area contributed by atoms with Crippen LogP contribution in [0.4, 0.5) is 13.2 Å². The molecule has 0 fully saturated rings. The lowest BCUT2D eigenvalue weighted by Crippen LogP contribution is -2.27. The normalized spacial score (nSPS) is 14.6. The Morgan fingerprint density at radius 2 is 2.08 bits per heavy atom. The number of hydrogen-bond donors (Lipinski definition) is 1. The first-order valence-electron chi connectivity index (χ1n) is 3.40. The smallest absolute Gasteiger partial charge is 0.316 e. The van der Waals surface area contributed by atoms with Gasteiger partial charge in [0.1, 0.15) is 6.04 Å². The van der Waals surface area contributed by atoms with Crippen molar-refractivity contribution in [2.75, 3.05) is 0 Å². The fourth-order valence-electron chi connectivity index (χ4n) is 0.798. The maximum Gasteiger partial charge on any atom is 0.408 e. The van der Waals surface area contributed by atoms with Gasteiger partial charge in [0.15, 0.2) is 0 Å². The summed E-state index contributed by atoms with van der Waals surface area (Å²) in [4.78, 5) is 0.136. The van der Waals surface area contributed by atoms with E-state index < -0.39 is 12.2 Å². The van der Waals surface area contributed by atoms with Crippen molar-refractivity contribution < 1.29 is 13.2 Å². The molecular formula is C7H7BrF3NS. The van der Waals surface area contributed by atoms with E-state index in [0.29, 0.717) is 3.79 Å². The lowest BCUT2D eigenvalue weighted by Gasteiger charge is -2.12.